The van der Waals surface area contributed by atoms with Crippen LogP contribution in [-0.4, -0.2) is 16.2 Å². The highest BCUT2D eigenvalue weighted by molar-refractivity contribution is 5.90. The van der Waals surface area contributed by atoms with Gasteiger partial charge in [0.15, 0.2) is 0 Å². The molecule has 116 valence electrons. The van der Waals surface area contributed by atoms with Crippen molar-refractivity contribution in [2.75, 3.05) is 0 Å². The summed E-state index contributed by atoms with van der Waals surface area (Å²) in [5.41, 5.74) is 2.23. The van der Waals surface area contributed by atoms with Crippen LogP contribution in [-0.2, 0) is 12.0 Å². The molecule has 22 heavy (non-hydrogen) atoms. The van der Waals surface area contributed by atoms with Gasteiger partial charge < -0.3 is 14.9 Å². The van der Waals surface area contributed by atoms with Gasteiger partial charge in [0, 0.05) is 6.07 Å². The van der Waals surface area contributed by atoms with Crippen LogP contribution in [0.15, 0.2) is 42.5 Å². The van der Waals surface area contributed by atoms with Gasteiger partial charge in [-0.25, -0.2) is 4.79 Å². The van der Waals surface area contributed by atoms with E-state index in [1.807, 2.05) is 12.1 Å². The molecular weight excluding hydrogens is 280 g/mol. The molecule has 0 aromatic heterocycles. The SMILES string of the molecule is CC(C)(C)c1ccc(COc2ccc(C(=O)O)c(O)c2)cc1. The van der Waals surface area contributed by atoms with E-state index >= 15 is 0 Å². The van der Waals surface area contributed by atoms with E-state index in [1.54, 1.807) is 0 Å². The van der Waals surface area contributed by atoms with Gasteiger partial charge in [0.2, 0.25) is 0 Å². The Bertz CT molecular complexity index is 666. The number of phenols is 1. The highest BCUT2D eigenvalue weighted by Crippen LogP contribution is 2.25. The van der Waals surface area contributed by atoms with Gasteiger partial charge in [-0.05, 0) is 28.7 Å². The van der Waals surface area contributed by atoms with E-state index in [0.717, 1.165) is 5.56 Å². The normalized spacial score (nSPS) is 11.2. The molecule has 2 aromatic rings. The fraction of sp³-hybridized carbons (Fsp3) is 0.278. The summed E-state index contributed by atoms with van der Waals surface area (Å²) in [4.78, 5) is 10.8. The van der Waals surface area contributed by atoms with Gasteiger partial charge >= 0.3 is 5.97 Å². The number of rotatable bonds is 4. The molecule has 0 heterocycles. The van der Waals surface area contributed by atoms with E-state index < -0.39 is 5.97 Å². The van der Waals surface area contributed by atoms with Crippen LogP contribution in [0.4, 0.5) is 0 Å². The van der Waals surface area contributed by atoms with Gasteiger partial charge in [-0.1, -0.05) is 45.0 Å². The maximum absolute atomic E-state index is 10.8. The van der Waals surface area contributed by atoms with Crippen LogP contribution in [0.5, 0.6) is 11.5 Å². The first-order valence-electron chi connectivity index (χ1n) is 7.06. The number of aromatic hydroxyl groups is 1. The monoisotopic (exact) mass is 300 g/mol. The highest BCUT2D eigenvalue weighted by atomic mass is 16.5. The first kappa shape index (κ1) is 15.9. The van der Waals surface area contributed by atoms with Crippen LogP contribution in [0.1, 0.15) is 42.3 Å². The molecule has 2 aromatic carbocycles. The van der Waals surface area contributed by atoms with Gasteiger partial charge in [0.1, 0.15) is 23.7 Å². The zero-order chi connectivity index (χ0) is 16.3. The van der Waals surface area contributed by atoms with Crippen LogP contribution in [0.3, 0.4) is 0 Å². The molecule has 0 radical (unpaired) electrons. The molecule has 0 aliphatic heterocycles. The third kappa shape index (κ3) is 3.79. The van der Waals surface area contributed by atoms with E-state index in [4.69, 9.17) is 9.84 Å². The Morgan fingerprint density at radius 3 is 2.23 bits per heavy atom. The van der Waals surface area contributed by atoms with Gasteiger partial charge in [-0.2, -0.15) is 0 Å². The third-order valence-corrected chi connectivity index (χ3v) is 3.43. The van der Waals surface area contributed by atoms with Crippen molar-refractivity contribution in [3.05, 3.63) is 59.2 Å². The summed E-state index contributed by atoms with van der Waals surface area (Å²) in [6.45, 7) is 6.83. The van der Waals surface area contributed by atoms with Gasteiger partial charge in [-0.3, -0.25) is 0 Å². The average molecular weight is 300 g/mol. The lowest BCUT2D eigenvalue weighted by molar-refractivity contribution is 0.0693. The Hall–Kier alpha value is -2.49. The number of benzene rings is 2. The zero-order valence-electron chi connectivity index (χ0n) is 13.0. The van der Waals surface area contributed by atoms with Crippen molar-refractivity contribution in [1.82, 2.24) is 0 Å². The molecule has 2 N–H and O–H groups in total. The van der Waals surface area contributed by atoms with Crippen molar-refractivity contribution in [2.24, 2.45) is 0 Å². The molecule has 0 spiro atoms. The van der Waals surface area contributed by atoms with E-state index in [0.29, 0.717) is 12.4 Å². The molecule has 0 saturated carbocycles. The minimum Gasteiger partial charge on any atom is -0.507 e. The van der Waals surface area contributed by atoms with Crippen LogP contribution in [0, 0.1) is 0 Å². The Balaban J connectivity index is 2.04. The highest BCUT2D eigenvalue weighted by Gasteiger charge is 2.13. The van der Waals surface area contributed by atoms with Crippen molar-refractivity contribution in [3.8, 4) is 11.5 Å². The lowest BCUT2D eigenvalue weighted by Crippen LogP contribution is -2.10. The van der Waals surface area contributed by atoms with E-state index in [1.165, 1.54) is 23.8 Å². The molecule has 0 saturated heterocycles. The first-order chi connectivity index (χ1) is 10.3. The summed E-state index contributed by atoms with van der Waals surface area (Å²) in [5.74, 6) is -1.03. The molecule has 4 nitrogen and oxygen atoms in total. The Kier molecular flexibility index (Phi) is 4.40. The van der Waals surface area contributed by atoms with Gasteiger partial charge in [-0.15, -0.1) is 0 Å². The van der Waals surface area contributed by atoms with Crippen molar-refractivity contribution in [1.29, 1.82) is 0 Å². The van der Waals surface area contributed by atoms with Gasteiger partial charge in [0.25, 0.3) is 0 Å². The summed E-state index contributed by atoms with van der Waals surface area (Å²) in [6, 6.07) is 12.3. The fourth-order valence-electron chi connectivity index (χ4n) is 2.05. The van der Waals surface area contributed by atoms with Crippen LogP contribution in [0.2, 0.25) is 0 Å². The van der Waals surface area contributed by atoms with Crippen LogP contribution in [0.25, 0.3) is 0 Å². The number of carbonyl (C=O) groups is 1. The van der Waals surface area contributed by atoms with Crippen molar-refractivity contribution < 1.29 is 19.7 Å². The Morgan fingerprint density at radius 1 is 1.09 bits per heavy atom. The molecule has 0 atom stereocenters. The largest absolute Gasteiger partial charge is 0.507 e. The second kappa shape index (κ2) is 6.10. The number of hydrogen-bond acceptors (Lipinski definition) is 3. The standard InChI is InChI=1S/C18H20O4/c1-18(2,3)13-6-4-12(5-7-13)11-22-14-8-9-15(17(20)21)16(19)10-14/h4-10,19H,11H2,1-3H3,(H,20,21). The summed E-state index contributed by atoms with van der Waals surface area (Å²) in [6.07, 6.45) is 0. The number of ether oxygens (including phenoxy) is 1. The predicted molar refractivity (Wildman–Crippen MR) is 84.5 cm³/mol. The van der Waals surface area contributed by atoms with Crippen LogP contribution >= 0.6 is 0 Å². The minimum atomic E-state index is -1.16. The quantitative estimate of drug-likeness (QED) is 0.896. The molecule has 0 amide bonds. The number of carboxylic acid groups (broad SMARTS) is 1. The summed E-state index contributed by atoms with van der Waals surface area (Å²) >= 11 is 0. The maximum atomic E-state index is 10.8. The van der Waals surface area contributed by atoms with E-state index in [9.17, 15) is 9.90 Å². The molecule has 4 heteroatoms. The molecule has 2 rings (SSSR count). The first-order valence-corrected chi connectivity index (χ1v) is 7.06. The molecule has 0 unspecified atom stereocenters. The fourth-order valence-corrected chi connectivity index (χ4v) is 2.05. The topological polar surface area (TPSA) is 66.8 Å². The summed E-state index contributed by atoms with van der Waals surface area (Å²) in [7, 11) is 0. The summed E-state index contributed by atoms with van der Waals surface area (Å²) < 4.78 is 5.58. The number of carboxylic acids is 1. The average Bonchev–Trinajstić information content (AvgIpc) is 2.44. The van der Waals surface area contributed by atoms with E-state index in [2.05, 4.69) is 32.9 Å². The lowest BCUT2D eigenvalue weighted by atomic mass is 9.87. The second-order valence-electron chi connectivity index (χ2n) is 6.22. The van der Waals surface area contributed by atoms with Crippen molar-refractivity contribution in [2.45, 2.75) is 32.8 Å². The number of aromatic carboxylic acids is 1. The Morgan fingerprint density at radius 2 is 1.73 bits per heavy atom. The van der Waals surface area contributed by atoms with Crippen molar-refractivity contribution >= 4 is 5.97 Å². The maximum Gasteiger partial charge on any atom is 0.339 e. The zero-order valence-corrected chi connectivity index (χ0v) is 13.0. The molecule has 0 aliphatic carbocycles. The predicted octanol–water partition coefficient (Wildman–Crippen LogP) is 3.97. The second-order valence-corrected chi connectivity index (χ2v) is 6.22. The summed E-state index contributed by atoms with van der Waals surface area (Å²) in [5, 5.41) is 18.5. The molecule has 0 fully saturated rings. The van der Waals surface area contributed by atoms with Gasteiger partial charge in [0.05, 0.1) is 0 Å². The number of hydrogen-bond donors (Lipinski definition) is 2. The molecular formula is C18H20O4. The lowest BCUT2D eigenvalue weighted by Gasteiger charge is -2.19. The Labute approximate surface area is 130 Å². The molecule has 0 bridgehead atoms. The molecule has 0 aliphatic rings. The smallest absolute Gasteiger partial charge is 0.339 e. The van der Waals surface area contributed by atoms with Crippen LogP contribution < -0.4 is 4.74 Å². The van der Waals surface area contributed by atoms with Crippen molar-refractivity contribution in [3.63, 3.8) is 0 Å². The minimum absolute atomic E-state index is 0.109. The third-order valence-electron chi connectivity index (χ3n) is 3.43. The van der Waals surface area contributed by atoms with E-state index in [-0.39, 0.29) is 16.7 Å².